The number of aromatic amines is 1. The summed E-state index contributed by atoms with van der Waals surface area (Å²) >= 11 is 2.46. The van der Waals surface area contributed by atoms with Crippen LogP contribution in [0.25, 0.3) is 0 Å². The third kappa shape index (κ3) is 23.4. The highest BCUT2D eigenvalue weighted by molar-refractivity contribution is 7.98. The van der Waals surface area contributed by atoms with E-state index in [9.17, 15) is 63.6 Å². The SMILES string of the molecule is CC[C@H](C)[C@@H]1NC(=O)/C=N/OCCCCCCOc2cc3cc(c2)CSC[C@H](NC1=O)C(=O)N[C@@H](Cc1ccc(O)cc1)C(=O)N1CCC[C@H]1C(=O)N[C@@H](CC(=O)O)C(=O)N[C@@H]([C@@H](C)O)C(=O)N[C@@H](Cc1ccc(O)cc1)C(=O)N[C@@H](Cc1cnc[nH]1)C(=O)N[C@H](C(N)=O)CSC3. The molecule has 0 radical (unpaired) electrons. The number of aliphatic hydroxyl groups excluding tert-OH is 1. The van der Waals surface area contributed by atoms with Gasteiger partial charge in [0.1, 0.15) is 84.4 Å². The number of hydrogen-bond acceptors (Lipinski definition) is 20. The molecule has 30 nitrogen and oxygen atoms in total. The predicted molar refractivity (Wildman–Crippen MR) is 356 cm³/mol. The normalized spacial score (nSPS) is 25.0. The van der Waals surface area contributed by atoms with Gasteiger partial charge >= 0.3 is 5.97 Å². The Morgan fingerprint density at radius 2 is 1.23 bits per heavy atom. The topological polar surface area (TPSA) is 454 Å². The molecule has 0 saturated carbocycles. The van der Waals surface area contributed by atoms with Gasteiger partial charge in [-0.3, -0.25) is 52.7 Å². The fraction of sp³-hybridized carbons (Fsp3) is 0.492. The van der Waals surface area contributed by atoms with Crippen LogP contribution >= 0.6 is 23.5 Å². The number of carboxylic acids is 1. The molecule has 7 rings (SSSR count). The molecule has 4 aromatic rings. The maximum absolute atomic E-state index is 15.2. The molecule has 4 bridgehead atoms. The highest BCUT2D eigenvalue weighted by Gasteiger charge is 2.42. The van der Waals surface area contributed by atoms with Gasteiger partial charge in [-0.25, -0.2) is 4.98 Å². The summed E-state index contributed by atoms with van der Waals surface area (Å²) in [6, 6.07) is 2.95. The van der Waals surface area contributed by atoms with Gasteiger partial charge in [0.2, 0.25) is 53.2 Å². The zero-order valence-electron chi connectivity index (χ0n) is 54.0. The Morgan fingerprint density at radius 1 is 0.649 bits per heavy atom. The molecule has 11 atom stereocenters. The third-order valence-electron chi connectivity index (χ3n) is 16.4. The van der Waals surface area contributed by atoms with E-state index in [2.05, 4.69) is 57.7 Å². The molecule has 1 aromatic heterocycles. The van der Waals surface area contributed by atoms with E-state index in [1.54, 1.807) is 6.92 Å². The van der Waals surface area contributed by atoms with Crippen molar-refractivity contribution in [3.63, 3.8) is 0 Å². The molecule has 0 unspecified atom stereocenters. The zero-order valence-corrected chi connectivity index (χ0v) is 55.6. The number of H-pyrrole nitrogens is 1. The average Bonchev–Trinajstić information content (AvgIpc) is 1.82. The van der Waals surface area contributed by atoms with E-state index in [0.717, 1.165) is 36.4 Å². The Morgan fingerprint density at radius 3 is 1.85 bits per heavy atom. The van der Waals surface area contributed by atoms with Crippen LogP contribution in [0.2, 0.25) is 0 Å². The van der Waals surface area contributed by atoms with Crippen molar-refractivity contribution in [2.75, 3.05) is 31.3 Å². The molecule has 0 spiro atoms. The number of rotatable bonds is 12. The molecule has 97 heavy (non-hydrogen) atoms. The Kier molecular flexibility index (Phi) is 28.7. The van der Waals surface area contributed by atoms with Crippen molar-refractivity contribution in [1.29, 1.82) is 0 Å². The van der Waals surface area contributed by atoms with E-state index in [0.29, 0.717) is 54.0 Å². The first-order chi connectivity index (χ1) is 46.4. The van der Waals surface area contributed by atoms with E-state index >= 15 is 9.59 Å². The first-order valence-corrected chi connectivity index (χ1v) is 34.3. The Labute approximate surface area is 568 Å². The number of phenols is 2. The minimum absolute atomic E-state index is 0.0142. The monoisotopic (exact) mass is 1380 g/mol. The fourth-order valence-corrected chi connectivity index (χ4v) is 12.9. The lowest BCUT2D eigenvalue weighted by Gasteiger charge is -2.31. The molecule has 3 aliphatic heterocycles. The van der Waals surface area contributed by atoms with E-state index in [1.807, 2.05) is 25.1 Å². The van der Waals surface area contributed by atoms with Crippen LogP contribution in [0.5, 0.6) is 17.2 Å². The Bertz CT molecular complexity index is 3420. The number of phenolic OH excluding ortho intramolecular Hbond substituents is 2. The second-order valence-corrected chi connectivity index (χ2v) is 26.1. The lowest BCUT2D eigenvalue weighted by Crippen LogP contribution is -2.62. The smallest absolute Gasteiger partial charge is 0.305 e. The number of carbonyl (C=O) groups excluding carboxylic acids is 10. The number of primary amides is 1. The first-order valence-electron chi connectivity index (χ1n) is 32.0. The predicted octanol–water partition coefficient (Wildman–Crippen LogP) is 0.241. The van der Waals surface area contributed by atoms with Gasteiger partial charge < -0.3 is 88.2 Å². The standard InChI is InChI=1S/C65H85N13O17S2/c1-4-36(2)55-63(91)75-51-34-97-32-41-22-40(23-45(24-41)94-20-7-5-6-8-21-95-69-30-53(82)76-55)31-96-33-50(57(66)85)74-59(87)47(27-42-29-67-35-68-42)70-58(86)46(25-38-11-15-43(80)16-12-38)72-64(92)56(37(3)79)77-60(88)48(28-54(83)84)71-62(90)52-10-9-19-78(52)65(93)49(73-61(51)89)26-39-13-17-44(81)18-14-39/h11-18,22-24,29-30,35-37,46-52,55-56,79-81H,4-10,19-21,25-28,31-34H2,1-3H3,(H2,66,85)(H,67,68)(H,70,86)(H,71,90)(H,72,92)(H,73,89)(H,74,87)(H,75,91)(H,76,82)(H,77,88)(H,83,84)/b69-30+/t36-,37+,46-,47-,48-,49-,50-,51-,52-,55-,56-/m0/s1. The molecule has 1 fully saturated rings. The molecule has 3 aromatic carbocycles. The second kappa shape index (κ2) is 37.2. The van der Waals surface area contributed by atoms with Gasteiger partial charge in [-0.1, -0.05) is 55.8 Å². The Balaban J connectivity index is 1.30. The number of aromatic nitrogens is 2. The summed E-state index contributed by atoms with van der Waals surface area (Å²) in [5.74, 6) is -11.0. The summed E-state index contributed by atoms with van der Waals surface area (Å²) in [7, 11) is 0. The van der Waals surface area contributed by atoms with E-state index in [-0.39, 0.29) is 79.8 Å². The summed E-state index contributed by atoms with van der Waals surface area (Å²) in [4.78, 5) is 170. The van der Waals surface area contributed by atoms with Gasteiger partial charge in [-0.15, -0.1) is 0 Å². The van der Waals surface area contributed by atoms with E-state index in [1.165, 1.54) is 84.6 Å². The number of ether oxygens (including phenoxy) is 1. The van der Waals surface area contributed by atoms with Crippen LogP contribution in [-0.4, -0.2) is 198 Å². The lowest BCUT2D eigenvalue weighted by atomic mass is 9.98. The summed E-state index contributed by atoms with van der Waals surface area (Å²) in [5.41, 5.74) is 8.54. The third-order valence-corrected chi connectivity index (χ3v) is 18.6. The van der Waals surface area contributed by atoms with Gasteiger partial charge in [0.15, 0.2) is 0 Å². The quantitative estimate of drug-likeness (QED) is 0.0903. The van der Waals surface area contributed by atoms with Crippen LogP contribution in [0.1, 0.15) is 100 Å². The summed E-state index contributed by atoms with van der Waals surface area (Å²) in [6.07, 6.45) is 3.41. The molecule has 0 aliphatic carbocycles. The van der Waals surface area contributed by atoms with Crippen molar-refractivity contribution in [1.82, 2.24) is 57.4 Å². The molecule has 1 saturated heterocycles. The lowest BCUT2D eigenvalue weighted by molar-refractivity contribution is -0.144. The minimum atomic E-state index is -1.97. The number of nitrogens with two attached hydrogens (primary N) is 1. The first kappa shape index (κ1) is 75.0. The summed E-state index contributed by atoms with van der Waals surface area (Å²) in [5, 5.41) is 66.1. The van der Waals surface area contributed by atoms with E-state index in [4.69, 9.17) is 15.3 Å². The molecule has 3 aliphatic rings. The number of carbonyl (C=O) groups is 11. The largest absolute Gasteiger partial charge is 0.508 e. The molecule has 10 amide bonds. The number of benzene rings is 3. The number of aliphatic carboxylic acids is 1. The summed E-state index contributed by atoms with van der Waals surface area (Å²) < 4.78 is 6.30. The second-order valence-electron chi connectivity index (χ2n) is 24.0. The fourth-order valence-electron chi connectivity index (χ4n) is 10.9. The molecule has 4 heterocycles. The number of aromatic hydroxyl groups is 2. The van der Waals surface area contributed by atoms with Gasteiger partial charge in [-0.2, -0.15) is 23.5 Å². The van der Waals surface area contributed by atoms with Gasteiger partial charge in [-0.05, 0) is 110 Å². The van der Waals surface area contributed by atoms with Gasteiger partial charge in [0.25, 0.3) is 5.91 Å². The van der Waals surface area contributed by atoms with Crippen LogP contribution in [0.3, 0.4) is 0 Å². The maximum atomic E-state index is 15.2. The number of amides is 10. The van der Waals surface area contributed by atoms with Gasteiger partial charge in [0, 0.05) is 60.7 Å². The van der Waals surface area contributed by atoms with Crippen molar-refractivity contribution in [2.45, 2.75) is 163 Å². The highest BCUT2D eigenvalue weighted by Crippen LogP contribution is 2.27. The van der Waals surface area contributed by atoms with Crippen LogP contribution < -0.4 is 53.0 Å². The molecule has 15 N–H and O–H groups in total. The number of imidazole rings is 1. The number of hydrogen-bond donors (Lipinski definition) is 14. The number of nitrogens with one attached hydrogen (secondary N) is 9. The van der Waals surface area contributed by atoms with Crippen LogP contribution in [0.15, 0.2) is 84.4 Å². The van der Waals surface area contributed by atoms with Crippen LogP contribution in [-0.2, 0) is 88.3 Å². The van der Waals surface area contributed by atoms with Crippen LogP contribution in [0.4, 0.5) is 0 Å². The number of carboxylic acid groups (broad SMARTS) is 1. The summed E-state index contributed by atoms with van der Waals surface area (Å²) in [6.45, 7) is 5.11. The Hall–Kier alpha value is -9.43. The van der Waals surface area contributed by atoms with E-state index < -0.39 is 138 Å². The number of aliphatic hydroxyl groups is 1. The van der Waals surface area contributed by atoms with Crippen molar-refractivity contribution >= 4 is 94.8 Å². The van der Waals surface area contributed by atoms with Crippen molar-refractivity contribution in [2.24, 2.45) is 16.8 Å². The zero-order chi connectivity index (χ0) is 70.1. The molecular formula is C65H85N13O17S2. The number of oxime groups is 1. The molecule has 524 valence electrons. The average molecular weight is 1380 g/mol. The number of nitrogens with zero attached hydrogens (tertiary/aromatic N) is 3. The highest BCUT2D eigenvalue weighted by atomic mass is 32.2. The number of thioether (sulfide) groups is 2. The maximum Gasteiger partial charge on any atom is 0.305 e. The van der Waals surface area contributed by atoms with Crippen molar-refractivity contribution < 1.29 is 82.7 Å². The number of fused-ring (bicyclic) bond motifs is 6. The van der Waals surface area contributed by atoms with Crippen molar-refractivity contribution in [3.05, 3.63) is 107 Å². The minimum Gasteiger partial charge on any atom is -0.508 e. The molecule has 32 heteroatoms. The molecular weight excluding hydrogens is 1300 g/mol. The van der Waals surface area contributed by atoms with Gasteiger partial charge in [0.05, 0.1) is 25.5 Å². The van der Waals surface area contributed by atoms with Crippen LogP contribution in [0, 0.1) is 5.92 Å². The van der Waals surface area contributed by atoms with Crippen molar-refractivity contribution in [3.8, 4) is 17.2 Å².